The Balaban J connectivity index is 1.56. The summed E-state index contributed by atoms with van der Waals surface area (Å²) >= 11 is 0. The van der Waals surface area contributed by atoms with Gasteiger partial charge in [-0.1, -0.05) is 18.2 Å². The molecule has 1 saturated heterocycles. The summed E-state index contributed by atoms with van der Waals surface area (Å²) in [6.07, 6.45) is 4.20. The van der Waals surface area contributed by atoms with E-state index < -0.39 is 11.7 Å². The Kier molecular flexibility index (Phi) is 6.86. The molecule has 1 aromatic carbocycles. The van der Waals surface area contributed by atoms with E-state index in [9.17, 15) is 9.59 Å². The van der Waals surface area contributed by atoms with Gasteiger partial charge in [0, 0.05) is 55.9 Å². The number of carbonyl (C=O) groups excluding carboxylic acids is 2. The lowest BCUT2D eigenvalue weighted by atomic mass is 10.1. The summed E-state index contributed by atoms with van der Waals surface area (Å²) in [5.41, 5.74) is 1.45. The molecule has 1 aliphatic rings. The quantitative estimate of drug-likeness (QED) is 0.560. The van der Waals surface area contributed by atoms with E-state index in [-0.39, 0.29) is 6.04 Å². The Morgan fingerprint density at radius 3 is 2.61 bits per heavy atom. The van der Waals surface area contributed by atoms with Gasteiger partial charge in [0.2, 0.25) is 0 Å². The van der Waals surface area contributed by atoms with Crippen LogP contribution in [0.15, 0.2) is 30.5 Å². The highest BCUT2D eigenvalue weighted by molar-refractivity contribution is 6.45. The van der Waals surface area contributed by atoms with Gasteiger partial charge in [0.05, 0.1) is 11.7 Å². The molecule has 0 bridgehead atoms. The number of nitrogens with zero attached hydrogens (tertiary/aromatic N) is 2. The minimum Gasteiger partial charge on any atom is -0.378 e. The van der Waals surface area contributed by atoms with Crippen LogP contribution in [0, 0.1) is 0 Å². The van der Waals surface area contributed by atoms with Gasteiger partial charge in [-0.25, -0.2) is 0 Å². The monoisotopic (exact) mass is 385 g/mol. The first kappa shape index (κ1) is 20.6. The maximum atomic E-state index is 12.7. The number of ether oxygens (including phenoxy) is 1. The van der Waals surface area contributed by atoms with Crippen molar-refractivity contribution in [1.29, 1.82) is 0 Å². The number of aromatic nitrogens is 1. The van der Waals surface area contributed by atoms with Crippen LogP contribution >= 0.6 is 0 Å². The average molecular weight is 386 g/mol. The zero-order chi connectivity index (χ0) is 20.1. The van der Waals surface area contributed by atoms with Crippen molar-refractivity contribution in [3.63, 3.8) is 0 Å². The van der Waals surface area contributed by atoms with Crippen molar-refractivity contribution in [2.24, 2.45) is 0 Å². The van der Waals surface area contributed by atoms with Gasteiger partial charge in [-0.15, -0.1) is 0 Å². The van der Waals surface area contributed by atoms with E-state index >= 15 is 0 Å². The molecule has 152 valence electrons. The molecular formula is C22H31N3O3. The smallest absolute Gasteiger partial charge is 0.292 e. The van der Waals surface area contributed by atoms with E-state index in [4.69, 9.17) is 4.74 Å². The van der Waals surface area contributed by atoms with E-state index in [0.29, 0.717) is 18.2 Å². The summed E-state index contributed by atoms with van der Waals surface area (Å²) < 4.78 is 7.71. The van der Waals surface area contributed by atoms with Crippen molar-refractivity contribution < 1.29 is 14.3 Å². The number of ketones is 1. The SMILES string of the molecule is CCOC1CCN(CCNC(=O)C(=O)c2cn(C(C)C)c3ccccc23)CC1. The summed E-state index contributed by atoms with van der Waals surface area (Å²) in [4.78, 5) is 27.5. The fraction of sp³-hybridized carbons (Fsp3) is 0.545. The van der Waals surface area contributed by atoms with Crippen molar-refractivity contribution in [3.8, 4) is 0 Å². The predicted molar refractivity (Wildman–Crippen MR) is 111 cm³/mol. The van der Waals surface area contributed by atoms with Crippen molar-refractivity contribution in [2.75, 3.05) is 32.8 Å². The molecule has 0 spiro atoms. The van der Waals surface area contributed by atoms with Gasteiger partial charge in [0.15, 0.2) is 0 Å². The molecular weight excluding hydrogens is 354 g/mol. The van der Waals surface area contributed by atoms with Crippen LogP contribution in [0.1, 0.15) is 50.0 Å². The van der Waals surface area contributed by atoms with Crippen LogP contribution in [0.5, 0.6) is 0 Å². The molecule has 6 nitrogen and oxygen atoms in total. The standard InChI is InChI=1S/C22H31N3O3/c1-4-28-17-9-12-24(13-10-17)14-11-23-22(27)21(26)19-15-25(16(2)3)20-8-6-5-7-18(19)20/h5-8,15-17H,4,9-14H2,1-3H3,(H,23,27). The Hall–Kier alpha value is -2.18. The molecule has 2 heterocycles. The Bertz CT molecular complexity index is 820. The van der Waals surface area contributed by atoms with Crippen LogP contribution in [0.3, 0.4) is 0 Å². The topological polar surface area (TPSA) is 63.6 Å². The molecule has 1 N–H and O–H groups in total. The largest absolute Gasteiger partial charge is 0.378 e. The molecule has 0 saturated carbocycles. The molecule has 28 heavy (non-hydrogen) atoms. The van der Waals surface area contributed by atoms with Crippen LogP contribution in [0.2, 0.25) is 0 Å². The molecule has 3 rings (SSSR count). The second-order valence-corrected chi connectivity index (χ2v) is 7.64. The maximum absolute atomic E-state index is 12.7. The van der Waals surface area contributed by atoms with Gasteiger partial charge in [-0.3, -0.25) is 9.59 Å². The van der Waals surface area contributed by atoms with E-state index in [1.807, 2.05) is 35.8 Å². The Morgan fingerprint density at radius 2 is 1.93 bits per heavy atom. The normalized spacial score (nSPS) is 16.0. The average Bonchev–Trinajstić information content (AvgIpc) is 3.09. The van der Waals surface area contributed by atoms with Gasteiger partial charge in [-0.05, 0) is 39.7 Å². The van der Waals surface area contributed by atoms with Crippen LogP contribution in [-0.2, 0) is 9.53 Å². The molecule has 0 aliphatic carbocycles. The summed E-state index contributed by atoms with van der Waals surface area (Å²) in [6.45, 7) is 10.1. The number of piperidine rings is 1. The maximum Gasteiger partial charge on any atom is 0.292 e. The third kappa shape index (κ3) is 4.62. The highest BCUT2D eigenvalue weighted by Crippen LogP contribution is 2.25. The zero-order valence-corrected chi connectivity index (χ0v) is 17.1. The number of carbonyl (C=O) groups is 2. The minimum atomic E-state index is -0.532. The van der Waals surface area contributed by atoms with Crippen LogP contribution in [0.25, 0.3) is 10.9 Å². The number of benzene rings is 1. The number of Topliss-reactive ketones (excluding diaryl/α,β-unsaturated/α-hetero) is 1. The number of amides is 1. The van der Waals surface area contributed by atoms with Crippen LogP contribution in [-0.4, -0.2) is 60.0 Å². The molecule has 0 radical (unpaired) electrons. The lowest BCUT2D eigenvalue weighted by molar-refractivity contribution is -0.117. The van der Waals surface area contributed by atoms with E-state index in [2.05, 4.69) is 24.1 Å². The third-order valence-corrected chi connectivity index (χ3v) is 5.40. The minimum absolute atomic E-state index is 0.217. The fourth-order valence-corrected chi connectivity index (χ4v) is 3.88. The van der Waals surface area contributed by atoms with E-state index in [0.717, 1.165) is 50.0 Å². The third-order valence-electron chi connectivity index (χ3n) is 5.40. The highest BCUT2D eigenvalue weighted by Gasteiger charge is 2.23. The molecule has 1 aromatic heterocycles. The van der Waals surface area contributed by atoms with Crippen LogP contribution < -0.4 is 5.32 Å². The molecule has 1 fully saturated rings. The lowest BCUT2D eigenvalue weighted by Crippen LogP contribution is -2.42. The fourth-order valence-electron chi connectivity index (χ4n) is 3.88. The van der Waals surface area contributed by atoms with Gasteiger partial charge in [-0.2, -0.15) is 0 Å². The van der Waals surface area contributed by atoms with E-state index in [1.165, 1.54) is 0 Å². The number of para-hydroxylation sites is 1. The first-order chi connectivity index (χ1) is 13.5. The molecule has 2 aromatic rings. The number of fused-ring (bicyclic) bond motifs is 1. The molecule has 6 heteroatoms. The van der Waals surface area contributed by atoms with Crippen molar-refractivity contribution in [2.45, 2.75) is 45.8 Å². The van der Waals surface area contributed by atoms with Gasteiger partial charge in [0.1, 0.15) is 0 Å². The summed E-state index contributed by atoms with van der Waals surface area (Å²) in [7, 11) is 0. The van der Waals surface area contributed by atoms with Crippen molar-refractivity contribution >= 4 is 22.6 Å². The summed E-state index contributed by atoms with van der Waals surface area (Å²) in [6, 6.07) is 7.94. The van der Waals surface area contributed by atoms with Gasteiger partial charge in [0.25, 0.3) is 11.7 Å². The lowest BCUT2D eigenvalue weighted by Gasteiger charge is -2.31. The molecule has 1 aliphatic heterocycles. The number of nitrogens with one attached hydrogen (secondary N) is 1. The van der Waals surface area contributed by atoms with Crippen LogP contribution in [0.4, 0.5) is 0 Å². The van der Waals surface area contributed by atoms with Gasteiger partial charge < -0.3 is 19.5 Å². The number of likely N-dealkylation sites (tertiary alicyclic amines) is 1. The van der Waals surface area contributed by atoms with Crippen molar-refractivity contribution in [3.05, 3.63) is 36.0 Å². The zero-order valence-electron chi connectivity index (χ0n) is 17.1. The summed E-state index contributed by atoms with van der Waals surface area (Å²) in [5, 5.41) is 3.63. The number of rotatable bonds is 8. The number of hydrogen-bond donors (Lipinski definition) is 1. The second kappa shape index (κ2) is 9.34. The Morgan fingerprint density at radius 1 is 1.21 bits per heavy atom. The predicted octanol–water partition coefficient (Wildman–Crippen LogP) is 3.02. The molecule has 0 atom stereocenters. The second-order valence-electron chi connectivity index (χ2n) is 7.64. The first-order valence-corrected chi connectivity index (χ1v) is 10.3. The first-order valence-electron chi connectivity index (χ1n) is 10.3. The number of hydrogen-bond acceptors (Lipinski definition) is 4. The van der Waals surface area contributed by atoms with Crippen molar-refractivity contribution in [1.82, 2.24) is 14.8 Å². The summed E-state index contributed by atoms with van der Waals surface area (Å²) in [5.74, 6) is -0.999. The Labute approximate surface area is 166 Å². The molecule has 1 amide bonds. The van der Waals surface area contributed by atoms with E-state index in [1.54, 1.807) is 6.20 Å². The highest BCUT2D eigenvalue weighted by atomic mass is 16.5. The van der Waals surface area contributed by atoms with Gasteiger partial charge >= 0.3 is 0 Å². The molecule has 0 unspecified atom stereocenters.